The maximum absolute atomic E-state index is 8.97. The molecule has 2 aromatic rings. The van der Waals surface area contributed by atoms with E-state index in [1.165, 1.54) is 0 Å². The third-order valence-corrected chi connectivity index (χ3v) is 2.51. The molecule has 0 fully saturated rings. The molecule has 0 atom stereocenters. The number of hydrogen-bond donors (Lipinski definition) is 1. The zero-order valence-electron chi connectivity index (χ0n) is 9.57. The predicted molar refractivity (Wildman–Crippen MR) is 67.2 cm³/mol. The second-order valence-corrected chi connectivity index (χ2v) is 4.05. The van der Waals surface area contributed by atoms with Crippen molar-refractivity contribution in [3.63, 3.8) is 0 Å². The molecule has 2 heteroatoms. The molecule has 0 amide bonds. The Labute approximate surface area is 95.3 Å². The van der Waals surface area contributed by atoms with Crippen LogP contribution in [0.4, 0.5) is 0 Å². The van der Waals surface area contributed by atoms with Crippen LogP contribution in [0.5, 0.6) is 0 Å². The van der Waals surface area contributed by atoms with Crippen molar-refractivity contribution in [3.8, 4) is 0 Å². The quantitative estimate of drug-likeness (QED) is 0.832. The van der Waals surface area contributed by atoms with E-state index in [0.717, 1.165) is 27.7 Å². The maximum Gasteiger partial charge on any atom is 0.0705 e. The number of aliphatic hydroxyl groups excluding tert-OH is 1. The minimum absolute atomic E-state index is 0.101. The van der Waals surface area contributed by atoms with Crippen LogP contribution in [0.1, 0.15) is 18.2 Å². The van der Waals surface area contributed by atoms with Gasteiger partial charge in [-0.25, -0.2) is 0 Å². The molecule has 16 heavy (non-hydrogen) atoms. The lowest BCUT2D eigenvalue weighted by Gasteiger charge is -2.01. The molecule has 0 saturated carbocycles. The topological polar surface area (TPSA) is 33.1 Å². The van der Waals surface area contributed by atoms with Gasteiger partial charge in [0.1, 0.15) is 0 Å². The van der Waals surface area contributed by atoms with Gasteiger partial charge >= 0.3 is 0 Å². The molecule has 2 rings (SSSR count). The van der Waals surface area contributed by atoms with E-state index in [0.29, 0.717) is 0 Å². The van der Waals surface area contributed by atoms with E-state index in [2.05, 4.69) is 17.1 Å². The summed E-state index contributed by atoms with van der Waals surface area (Å²) in [5.74, 6) is 0. The first-order chi connectivity index (χ1) is 7.69. The van der Waals surface area contributed by atoms with E-state index >= 15 is 0 Å². The zero-order chi connectivity index (χ0) is 11.5. The lowest BCUT2D eigenvalue weighted by Crippen LogP contribution is -1.86. The number of aryl methyl sites for hydroxylation is 1. The van der Waals surface area contributed by atoms with Crippen LogP contribution in [-0.4, -0.2) is 16.7 Å². The Bertz CT molecular complexity index is 543. The third kappa shape index (κ3) is 2.28. The van der Waals surface area contributed by atoms with E-state index in [1.54, 1.807) is 0 Å². The van der Waals surface area contributed by atoms with Crippen molar-refractivity contribution in [1.29, 1.82) is 0 Å². The highest BCUT2D eigenvalue weighted by Gasteiger charge is 1.97. The van der Waals surface area contributed by atoms with Gasteiger partial charge in [-0.1, -0.05) is 18.2 Å². The predicted octanol–water partition coefficient (Wildman–Crippen LogP) is 2.94. The fraction of sp³-hybridized carbons (Fsp3) is 0.214. The van der Waals surface area contributed by atoms with Crippen molar-refractivity contribution in [2.24, 2.45) is 0 Å². The first kappa shape index (κ1) is 10.8. The van der Waals surface area contributed by atoms with Crippen molar-refractivity contribution in [2.75, 3.05) is 6.61 Å². The van der Waals surface area contributed by atoms with Crippen LogP contribution >= 0.6 is 0 Å². The molecule has 0 spiro atoms. The molecule has 0 radical (unpaired) electrons. The van der Waals surface area contributed by atoms with E-state index in [1.807, 2.05) is 38.1 Å². The average Bonchev–Trinajstić information content (AvgIpc) is 2.29. The SMILES string of the molecule is C/C(=C/c1ccc2nc(C)ccc2c1)CO. The van der Waals surface area contributed by atoms with Crippen molar-refractivity contribution < 1.29 is 5.11 Å². The van der Waals surface area contributed by atoms with Crippen LogP contribution in [0.25, 0.3) is 17.0 Å². The van der Waals surface area contributed by atoms with Crippen molar-refractivity contribution in [2.45, 2.75) is 13.8 Å². The number of benzene rings is 1. The van der Waals surface area contributed by atoms with E-state index in [4.69, 9.17) is 5.11 Å². The van der Waals surface area contributed by atoms with Crippen LogP contribution in [0, 0.1) is 6.92 Å². The highest BCUT2D eigenvalue weighted by atomic mass is 16.3. The number of pyridine rings is 1. The number of rotatable bonds is 2. The lowest BCUT2D eigenvalue weighted by atomic mass is 10.1. The molecule has 1 aromatic carbocycles. The summed E-state index contributed by atoms with van der Waals surface area (Å²) >= 11 is 0. The van der Waals surface area contributed by atoms with Gasteiger partial charge < -0.3 is 5.11 Å². The van der Waals surface area contributed by atoms with E-state index < -0.39 is 0 Å². The van der Waals surface area contributed by atoms with Crippen LogP contribution in [0.3, 0.4) is 0 Å². The Balaban J connectivity index is 2.48. The number of aromatic nitrogens is 1. The molecule has 82 valence electrons. The second-order valence-electron chi connectivity index (χ2n) is 4.05. The fourth-order valence-corrected chi connectivity index (χ4v) is 1.67. The van der Waals surface area contributed by atoms with Crippen LogP contribution in [-0.2, 0) is 0 Å². The molecule has 0 aliphatic heterocycles. The third-order valence-electron chi connectivity index (χ3n) is 2.51. The van der Waals surface area contributed by atoms with Crippen LogP contribution in [0.15, 0.2) is 35.9 Å². The van der Waals surface area contributed by atoms with E-state index in [-0.39, 0.29) is 6.61 Å². The summed E-state index contributed by atoms with van der Waals surface area (Å²) in [6.45, 7) is 4.00. The first-order valence-corrected chi connectivity index (χ1v) is 5.34. The standard InChI is InChI=1S/C14H15NO/c1-10(9-16)7-12-4-6-14-13(8-12)5-3-11(2)15-14/h3-8,16H,9H2,1-2H3/b10-7-. The summed E-state index contributed by atoms with van der Waals surface area (Å²) in [6.07, 6.45) is 1.99. The van der Waals surface area contributed by atoms with Crippen molar-refractivity contribution in [1.82, 2.24) is 4.98 Å². The van der Waals surface area contributed by atoms with Gasteiger partial charge in [-0.2, -0.15) is 0 Å². The van der Waals surface area contributed by atoms with Gasteiger partial charge in [0, 0.05) is 11.1 Å². The molecular weight excluding hydrogens is 198 g/mol. The molecule has 0 saturated heterocycles. The van der Waals surface area contributed by atoms with Crippen molar-refractivity contribution >= 4 is 17.0 Å². The molecule has 0 unspecified atom stereocenters. The lowest BCUT2D eigenvalue weighted by molar-refractivity contribution is 0.332. The first-order valence-electron chi connectivity index (χ1n) is 5.34. The van der Waals surface area contributed by atoms with Crippen LogP contribution in [0.2, 0.25) is 0 Å². The highest BCUT2D eigenvalue weighted by Crippen LogP contribution is 2.16. The Morgan fingerprint density at radius 2 is 2.12 bits per heavy atom. The fourth-order valence-electron chi connectivity index (χ4n) is 1.67. The van der Waals surface area contributed by atoms with Gasteiger partial charge in [-0.05, 0) is 43.2 Å². The molecule has 1 heterocycles. The summed E-state index contributed by atoms with van der Waals surface area (Å²) in [5.41, 5.74) is 4.10. The number of fused-ring (bicyclic) bond motifs is 1. The van der Waals surface area contributed by atoms with Gasteiger partial charge in [0.15, 0.2) is 0 Å². The van der Waals surface area contributed by atoms with Crippen LogP contribution < -0.4 is 0 Å². The minimum atomic E-state index is 0.101. The second kappa shape index (κ2) is 4.45. The average molecular weight is 213 g/mol. The normalized spacial score (nSPS) is 12.1. The Morgan fingerprint density at radius 1 is 1.31 bits per heavy atom. The van der Waals surface area contributed by atoms with E-state index in [9.17, 15) is 0 Å². The molecule has 1 N–H and O–H groups in total. The minimum Gasteiger partial charge on any atom is -0.392 e. The van der Waals surface area contributed by atoms with Gasteiger partial charge in [0.05, 0.1) is 12.1 Å². The number of nitrogens with zero attached hydrogens (tertiary/aromatic N) is 1. The van der Waals surface area contributed by atoms with Gasteiger partial charge in [0.2, 0.25) is 0 Å². The molecule has 0 aliphatic carbocycles. The number of hydrogen-bond acceptors (Lipinski definition) is 2. The number of aliphatic hydroxyl groups is 1. The summed E-state index contributed by atoms with van der Waals surface area (Å²) in [6, 6.07) is 10.2. The smallest absolute Gasteiger partial charge is 0.0705 e. The summed E-state index contributed by atoms with van der Waals surface area (Å²) in [4.78, 5) is 4.45. The molecule has 0 bridgehead atoms. The summed E-state index contributed by atoms with van der Waals surface area (Å²) in [5, 5.41) is 10.1. The summed E-state index contributed by atoms with van der Waals surface area (Å²) in [7, 11) is 0. The Morgan fingerprint density at radius 3 is 2.88 bits per heavy atom. The largest absolute Gasteiger partial charge is 0.392 e. The molecule has 0 aliphatic rings. The maximum atomic E-state index is 8.97. The van der Waals surface area contributed by atoms with Crippen molar-refractivity contribution in [3.05, 3.63) is 47.2 Å². The Hall–Kier alpha value is -1.67. The van der Waals surface area contributed by atoms with Gasteiger partial charge in [-0.3, -0.25) is 4.98 Å². The Kier molecular flexibility index (Phi) is 3.02. The zero-order valence-corrected chi connectivity index (χ0v) is 9.57. The molecule has 1 aromatic heterocycles. The monoisotopic (exact) mass is 213 g/mol. The van der Waals surface area contributed by atoms with Gasteiger partial charge in [0.25, 0.3) is 0 Å². The molecular formula is C14H15NO. The highest BCUT2D eigenvalue weighted by molar-refractivity contribution is 5.81. The molecule has 2 nitrogen and oxygen atoms in total. The summed E-state index contributed by atoms with van der Waals surface area (Å²) < 4.78 is 0. The van der Waals surface area contributed by atoms with Gasteiger partial charge in [-0.15, -0.1) is 0 Å².